The van der Waals surface area contributed by atoms with Gasteiger partial charge in [-0.15, -0.1) is 10.2 Å². The number of aryl methyl sites for hydroxylation is 3. The van der Waals surface area contributed by atoms with Crippen molar-refractivity contribution in [2.24, 2.45) is 7.05 Å². The summed E-state index contributed by atoms with van der Waals surface area (Å²) in [6, 6.07) is 1.93. The zero-order chi connectivity index (χ0) is 17.8. The molecule has 0 N–H and O–H groups in total. The van der Waals surface area contributed by atoms with Gasteiger partial charge in [0.25, 0.3) is 11.8 Å². The van der Waals surface area contributed by atoms with E-state index in [-0.39, 0.29) is 11.9 Å². The number of hydrogen-bond acceptors (Lipinski definition) is 5. The lowest BCUT2D eigenvalue weighted by molar-refractivity contribution is -0.144. The third kappa shape index (κ3) is 2.68. The van der Waals surface area contributed by atoms with Crippen molar-refractivity contribution in [3.63, 3.8) is 0 Å². The predicted molar refractivity (Wildman–Crippen MR) is 78.9 cm³/mol. The minimum atomic E-state index is -4.61. The van der Waals surface area contributed by atoms with Crippen LogP contribution >= 0.6 is 0 Å². The van der Waals surface area contributed by atoms with Gasteiger partial charge in [-0.25, -0.2) is 9.67 Å². The average Bonchev–Trinajstić information content (AvgIpc) is 3.23. The van der Waals surface area contributed by atoms with E-state index in [9.17, 15) is 13.2 Å². The molecule has 1 aliphatic heterocycles. The Bertz CT molecular complexity index is 919. The van der Waals surface area contributed by atoms with Crippen LogP contribution in [-0.4, -0.2) is 39.3 Å². The average molecular weight is 352 g/mol. The zero-order valence-corrected chi connectivity index (χ0v) is 13.6. The van der Waals surface area contributed by atoms with Gasteiger partial charge in [-0.2, -0.15) is 27.9 Å². The molecule has 0 fully saturated rings. The van der Waals surface area contributed by atoms with Crippen LogP contribution < -0.4 is 0 Å². The molecule has 8 nitrogen and oxygen atoms in total. The zero-order valence-electron chi connectivity index (χ0n) is 13.6. The molecule has 3 aromatic rings. The number of halogens is 3. The number of rotatable bonds is 2. The van der Waals surface area contributed by atoms with Crippen molar-refractivity contribution < 1.29 is 13.2 Å². The molecular weight excluding hydrogens is 337 g/mol. The summed E-state index contributed by atoms with van der Waals surface area (Å²) in [4.78, 5) is 8.06. The van der Waals surface area contributed by atoms with Crippen molar-refractivity contribution in [1.29, 1.82) is 0 Å². The van der Waals surface area contributed by atoms with Crippen molar-refractivity contribution in [2.45, 2.75) is 38.4 Å². The van der Waals surface area contributed by atoms with Gasteiger partial charge in [0, 0.05) is 31.4 Å². The Kier molecular flexibility index (Phi) is 3.41. The van der Waals surface area contributed by atoms with E-state index in [4.69, 9.17) is 0 Å². The Morgan fingerprint density at radius 2 is 2.00 bits per heavy atom. The van der Waals surface area contributed by atoms with Gasteiger partial charge in [0.1, 0.15) is 11.6 Å². The lowest BCUT2D eigenvalue weighted by Gasteiger charge is -2.22. The van der Waals surface area contributed by atoms with E-state index >= 15 is 0 Å². The molecule has 0 saturated heterocycles. The first-order valence-electron chi connectivity index (χ1n) is 7.76. The Labute approximate surface area is 140 Å². The Hall–Kier alpha value is -2.72. The fraction of sp³-hybridized carbons (Fsp3) is 0.500. The minimum Gasteiger partial charge on any atom is -0.270 e. The second kappa shape index (κ2) is 5.39. The van der Waals surface area contributed by atoms with Crippen LogP contribution in [0.1, 0.15) is 35.5 Å². The molecule has 0 saturated carbocycles. The molecule has 11 heteroatoms. The van der Waals surface area contributed by atoms with Crippen molar-refractivity contribution in [3.8, 4) is 5.95 Å². The maximum Gasteiger partial charge on any atom is 0.453 e. The van der Waals surface area contributed by atoms with Crippen LogP contribution in [-0.2, 0) is 26.2 Å². The molecule has 4 heterocycles. The summed E-state index contributed by atoms with van der Waals surface area (Å²) in [5.41, 5.74) is 1.07. The third-order valence-corrected chi connectivity index (χ3v) is 4.24. The summed E-state index contributed by atoms with van der Waals surface area (Å²) in [5.74, 6) is -0.0934. The molecule has 3 aromatic heterocycles. The molecule has 4 rings (SSSR count). The molecule has 132 valence electrons. The SMILES string of the molecule is Cc1nc(C2CCn3nccc3C2)n(-c2nc(C(F)(F)F)nn2C)n1. The monoisotopic (exact) mass is 352 g/mol. The standard InChI is InChI=1S/C14H15F3N8/c1-8-19-11(9-4-6-24-10(7-9)3-5-18-24)25(21-8)13-20-12(14(15,16)17)22-23(13)2/h3,5,9H,4,6-7H2,1-2H3. The van der Waals surface area contributed by atoms with Gasteiger partial charge in [0.2, 0.25) is 0 Å². The Morgan fingerprint density at radius 1 is 1.20 bits per heavy atom. The number of alkyl halides is 3. The van der Waals surface area contributed by atoms with Crippen molar-refractivity contribution >= 4 is 0 Å². The van der Waals surface area contributed by atoms with E-state index in [2.05, 4.69) is 25.3 Å². The highest BCUT2D eigenvalue weighted by Gasteiger charge is 2.38. The lowest BCUT2D eigenvalue weighted by atomic mass is 9.95. The summed E-state index contributed by atoms with van der Waals surface area (Å²) in [7, 11) is 1.41. The number of nitrogens with zero attached hydrogens (tertiary/aromatic N) is 8. The topological polar surface area (TPSA) is 79.2 Å². The van der Waals surface area contributed by atoms with Crippen LogP contribution in [0.3, 0.4) is 0 Å². The van der Waals surface area contributed by atoms with Gasteiger partial charge in [-0.1, -0.05) is 0 Å². The van der Waals surface area contributed by atoms with Crippen LogP contribution in [0.4, 0.5) is 13.2 Å². The molecule has 0 bridgehead atoms. The fourth-order valence-corrected chi connectivity index (χ4v) is 3.11. The van der Waals surface area contributed by atoms with Gasteiger partial charge >= 0.3 is 6.18 Å². The molecule has 25 heavy (non-hydrogen) atoms. The summed E-state index contributed by atoms with van der Waals surface area (Å²) < 4.78 is 43.1. The van der Waals surface area contributed by atoms with E-state index in [1.807, 2.05) is 10.7 Å². The van der Waals surface area contributed by atoms with Gasteiger partial charge in [-0.05, 0) is 25.8 Å². The van der Waals surface area contributed by atoms with Crippen LogP contribution in [0.2, 0.25) is 0 Å². The molecule has 1 aliphatic rings. The van der Waals surface area contributed by atoms with E-state index in [0.29, 0.717) is 18.1 Å². The van der Waals surface area contributed by atoms with E-state index < -0.39 is 12.0 Å². The van der Waals surface area contributed by atoms with Crippen molar-refractivity contribution in [3.05, 3.63) is 35.4 Å². The molecule has 1 unspecified atom stereocenters. The minimum absolute atomic E-state index is 0.00186. The van der Waals surface area contributed by atoms with Crippen molar-refractivity contribution in [1.82, 2.24) is 39.3 Å². The smallest absolute Gasteiger partial charge is 0.270 e. The molecule has 1 atom stereocenters. The summed E-state index contributed by atoms with van der Waals surface area (Å²) in [6.07, 6.45) is -1.39. The predicted octanol–water partition coefficient (Wildman–Crippen LogP) is 1.65. The molecule has 0 radical (unpaired) electrons. The normalized spacial score (nSPS) is 17.7. The van der Waals surface area contributed by atoms with Gasteiger partial charge in [-0.3, -0.25) is 4.68 Å². The first-order chi connectivity index (χ1) is 11.8. The highest BCUT2D eigenvalue weighted by Crippen LogP contribution is 2.30. The highest BCUT2D eigenvalue weighted by molar-refractivity contribution is 5.20. The first-order valence-corrected chi connectivity index (χ1v) is 7.76. The van der Waals surface area contributed by atoms with Gasteiger partial charge in [0.05, 0.1) is 0 Å². The maximum atomic E-state index is 12.9. The van der Waals surface area contributed by atoms with Crippen molar-refractivity contribution in [2.75, 3.05) is 0 Å². The Balaban J connectivity index is 1.75. The maximum absolute atomic E-state index is 12.9. The molecule has 0 aliphatic carbocycles. The summed E-state index contributed by atoms with van der Waals surface area (Å²) in [6.45, 7) is 2.43. The lowest BCUT2D eigenvalue weighted by Crippen LogP contribution is -2.22. The number of aromatic nitrogens is 8. The first kappa shape index (κ1) is 15.8. The van der Waals surface area contributed by atoms with Crippen LogP contribution in [0.5, 0.6) is 0 Å². The molecule has 0 amide bonds. The summed E-state index contributed by atoms with van der Waals surface area (Å²) >= 11 is 0. The van der Waals surface area contributed by atoms with E-state index in [1.165, 1.54) is 11.7 Å². The summed E-state index contributed by atoms with van der Waals surface area (Å²) in [5, 5.41) is 11.9. The van der Waals surface area contributed by atoms with Gasteiger partial charge in [0.15, 0.2) is 0 Å². The quantitative estimate of drug-likeness (QED) is 0.701. The van der Waals surface area contributed by atoms with Crippen LogP contribution in [0.15, 0.2) is 12.3 Å². The number of fused-ring (bicyclic) bond motifs is 1. The van der Waals surface area contributed by atoms with Gasteiger partial charge < -0.3 is 0 Å². The fourth-order valence-electron chi connectivity index (χ4n) is 3.11. The third-order valence-electron chi connectivity index (χ3n) is 4.24. The molecule has 0 aromatic carbocycles. The highest BCUT2D eigenvalue weighted by atomic mass is 19.4. The second-order valence-electron chi connectivity index (χ2n) is 6.02. The molecular formula is C14H15F3N8. The largest absolute Gasteiger partial charge is 0.453 e. The second-order valence-corrected chi connectivity index (χ2v) is 6.02. The van der Waals surface area contributed by atoms with Crippen LogP contribution in [0.25, 0.3) is 5.95 Å². The Morgan fingerprint density at radius 3 is 2.72 bits per heavy atom. The number of hydrogen-bond donors (Lipinski definition) is 0. The van der Waals surface area contributed by atoms with E-state index in [1.54, 1.807) is 13.1 Å². The molecule has 0 spiro atoms. The van der Waals surface area contributed by atoms with E-state index in [0.717, 1.165) is 23.3 Å². The van der Waals surface area contributed by atoms with Crippen LogP contribution in [0, 0.1) is 6.92 Å².